The fourth-order valence-electron chi connectivity index (χ4n) is 10.1. The van der Waals surface area contributed by atoms with Gasteiger partial charge in [-0.25, -0.2) is 0 Å². The molecule has 472 valence electrons. The van der Waals surface area contributed by atoms with E-state index in [4.69, 9.17) is 5.73 Å². The first kappa shape index (κ1) is 72.7. The van der Waals surface area contributed by atoms with Crippen LogP contribution in [0, 0.1) is 29.6 Å². The molecule has 25 heteroatoms. The Hall–Kier alpha value is -6.40. The summed E-state index contributed by atoms with van der Waals surface area (Å²) in [5.74, 6) is -9.03. The Balaban J connectivity index is 2.33. The van der Waals surface area contributed by atoms with E-state index < -0.39 is 148 Å². The van der Waals surface area contributed by atoms with Crippen LogP contribution < -0.4 is 53.6 Å². The predicted molar refractivity (Wildman–Crippen MR) is 312 cm³/mol. The van der Waals surface area contributed by atoms with Gasteiger partial charge >= 0.3 is 0 Å². The highest BCUT2D eigenvalue weighted by Crippen LogP contribution is 2.25. The molecule has 0 aromatic carbocycles. The minimum Gasteiger partial charge on any atom is -0.394 e. The van der Waals surface area contributed by atoms with E-state index >= 15 is 0 Å². The van der Waals surface area contributed by atoms with Gasteiger partial charge in [-0.2, -0.15) is 0 Å². The summed E-state index contributed by atoms with van der Waals surface area (Å²) in [6, 6.07) is -8.52. The summed E-state index contributed by atoms with van der Waals surface area (Å²) in [6.45, 7) is 28.4. The van der Waals surface area contributed by atoms with E-state index in [1.165, 1.54) is 58.3 Å². The summed E-state index contributed by atoms with van der Waals surface area (Å²) in [5.41, 5.74) is 0.762. The van der Waals surface area contributed by atoms with E-state index in [0.29, 0.717) is 32.1 Å². The summed E-state index contributed by atoms with van der Waals surface area (Å²) in [4.78, 5) is 167. The fraction of sp³-hybridized carbons (Fsp3) is 0.793. The van der Waals surface area contributed by atoms with Crippen molar-refractivity contribution in [3.63, 3.8) is 0 Å². The molecule has 0 aromatic rings. The summed E-state index contributed by atoms with van der Waals surface area (Å²) in [6.07, 6.45) is 2.17. The topological polar surface area (TPSA) is 366 Å². The lowest BCUT2D eigenvalue weighted by atomic mass is 9.95. The molecule has 2 rings (SSSR count). The van der Waals surface area contributed by atoms with Crippen LogP contribution >= 0.6 is 0 Å². The third-order valence-corrected chi connectivity index (χ3v) is 15.5. The first-order chi connectivity index (χ1) is 38.3. The van der Waals surface area contributed by atoms with E-state index in [-0.39, 0.29) is 69.6 Å². The minimum absolute atomic E-state index is 0.0534. The number of rotatable bonds is 32. The molecule has 2 fully saturated rings. The molecule has 83 heavy (non-hydrogen) atoms. The van der Waals surface area contributed by atoms with Gasteiger partial charge in [-0.05, 0) is 116 Å². The molecule has 0 bridgehead atoms. The zero-order valence-electron chi connectivity index (χ0n) is 52.5. The van der Waals surface area contributed by atoms with E-state index in [0.717, 1.165) is 0 Å². The largest absolute Gasteiger partial charge is 0.394 e. The Labute approximate surface area is 491 Å². The normalized spacial score (nSPS) is 18.6. The van der Waals surface area contributed by atoms with E-state index in [1.807, 2.05) is 48.5 Å². The Morgan fingerprint density at radius 2 is 0.940 bits per heavy atom. The minimum atomic E-state index is -1.65. The molecule has 12 amide bonds. The second kappa shape index (κ2) is 32.0. The number of carbonyl (C=O) groups is 12. The molecule has 2 aliphatic heterocycles. The monoisotopic (exact) mass is 1170 g/mol. The Kier molecular flexibility index (Phi) is 28.1. The van der Waals surface area contributed by atoms with Gasteiger partial charge in [0.2, 0.25) is 70.9 Å². The van der Waals surface area contributed by atoms with Crippen molar-refractivity contribution in [2.24, 2.45) is 35.3 Å². The Bertz CT molecular complexity index is 2320. The summed E-state index contributed by atoms with van der Waals surface area (Å²) >= 11 is 0. The number of nitrogens with one attached hydrogen (secondary N) is 9. The molecule has 10 atom stereocenters. The van der Waals surface area contributed by atoms with Gasteiger partial charge < -0.3 is 68.5 Å². The average Bonchev–Trinajstić information content (AvgIpc) is 4.24. The average molecular weight is 1180 g/mol. The van der Waals surface area contributed by atoms with Crippen LogP contribution in [0.4, 0.5) is 0 Å². The van der Waals surface area contributed by atoms with Gasteiger partial charge in [0.15, 0.2) is 0 Å². The number of amides is 12. The van der Waals surface area contributed by atoms with Crippen molar-refractivity contribution in [1.82, 2.24) is 57.7 Å². The quantitative estimate of drug-likeness (QED) is 0.0442. The number of likely N-dealkylation sites (tertiary alicyclic amines) is 2. The van der Waals surface area contributed by atoms with Gasteiger partial charge in [0, 0.05) is 26.4 Å². The lowest BCUT2D eigenvalue weighted by Gasteiger charge is -2.36. The van der Waals surface area contributed by atoms with Crippen LogP contribution in [0.25, 0.3) is 0 Å². The Morgan fingerprint density at radius 1 is 0.530 bits per heavy atom. The number of aliphatic hydroxyl groups is 1. The standard InChI is InChI=1S/C58H102N12O13/c1-18-34(9)44(64-46(74)37(24-25-43(59)73)63-53(81)56(12,13)66-36(11)72)51(79)60-38(28-31(3)4)47(75)68-58(16,17)55(83)70-27-21-23-42(70)50(78)65-45(35(10)19-2)52(80)61-39(29-32(5)6)48(76)67-57(14,15)54(82)69-26-20-22-41(69)49(77)62-40(30-71)33(7)8/h31-35,37-42,44-45,71H,18-30H2,1-17H3,(H2,59,73)(H,60,79)(H,61,80)(H,62,77)(H,63,81)(H,64,74)(H,65,78)(H,66,72)(H,67,76)(H,68,75)/t34-,35-,37-,38-,39-,40+,41-,42-,44-,45-/m0/s1. The van der Waals surface area contributed by atoms with Crippen LogP contribution in [0.2, 0.25) is 0 Å². The molecule has 2 heterocycles. The third-order valence-electron chi connectivity index (χ3n) is 15.5. The molecule has 25 nitrogen and oxygen atoms in total. The number of primary amides is 1. The first-order valence-electron chi connectivity index (χ1n) is 29.6. The fourth-order valence-corrected chi connectivity index (χ4v) is 10.1. The van der Waals surface area contributed by atoms with Crippen LogP contribution in [0.3, 0.4) is 0 Å². The molecule has 0 unspecified atom stereocenters. The second-order valence-corrected chi connectivity index (χ2v) is 25.5. The zero-order chi connectivity index (χ0) is 63.6. The lowest BCUT2D eigenvalue weighted by molar-refractivity contribution is -0.146. The maximum Gasteiger partial charge on any atom is 0.248 e. The van der Waals surface area contributed by atoms with Crippen LogP contribution in [0.1, 0.15) is 182 Å². The van der Waals surface area contributed by atoms with Gasteiger partial charge in [-0.3, -0.25) is 57.5 Å². The van der Waals surface area contributed by atoms with Crippen molar-refractivity contribution in [1.29, 1.82) is 0 Å². The van der Waals surface area contributed by atoms with E-state index in [1.54, 1.807) is 20.8 Å². The number of hydrogen-bond acceptors (Lipinski definition) is 13. The predicted octanol–water partition coefficient (Wildman–Crippen LogP) is 0.680. The molecule has 0 saturated carbocycles. The highest BCUT2D eigenvalue weighted by molar-refractivity contribution is 6.01. The number of nitrogens with zero attached hydrogens (tertiary/aromatic N) is 2. The molecule has 0 radical (unpaired) electrons. The smallest absolute Gasteiger partial charge is 0.248 e. The molecular weight excluding hydrogens is 1070 g/mol. The van der Waals surface area contributed by atoms with Gasteiger partial charge in [-0.1, -0.05) is 82.1 Å². The van der Waals surface area contributed by atoms with Crippen molar-refractivity contribution >= 4 is 70.9 Å². The van der Waals surface area contributed by atoms with Crippen molar-refractivity contribution in [3.05, 3.63) is 0 Å². The Morgan fingerprint density at radius 3 is 1.30 bits per heavy atom. The van der Waals surface area contributed by atoms with Crippen molar-refractivity contribution in [3.8, 4) is 0 Å². The van der Waals surface area contributed by atoms with Crippen LogP contribution in [-0.4, -0.2) is 170 Å². The summed E-state index contributed by atoms with van der Waals surface area (Å²) in [5, 5.41) is 34.4. The molecular formula is C58H102N12O13. The number of nitrogens with two attached hydrogens (primary N) is 1. The zero-order valence-corrected chi connectivity index (χ0v) is 52.5. The second-order valence-electron chi connectivity index (χ2n) is 25.5. The highest BCUT2D eigenvalue weighted by Gasteiger charge is 2.46. The molecule has 0 aromatic heterocycles. The molecule has 2 aliphatic rings. The summed E-state index contributed by atoms with van der Waals surface area (Å²) in [7, 11) is 0. The molecule has 12 N–H and O–H groups in total. The van der Waals surface area contributed by atoms with Crippen molar-refractivity contribution < 1.29 is 62.6 Å². The lowest BCUT2D eigenvalue weighted by Crippen LogP contribution is -2.64. The number of carbonyl (C=O) groups excluding carboxylic acids is 12. The van der Waals surface area contributed by atoms with Crippen LogP contribution in [-0.2, 0) is 57.5 Å². The van der Waals surface area contributed by atoms with Gasteiger partial charge in [0.05, 0.1) is 12.6 Å². The van der Waals surface area contributed by atoms with Crippen LogP contribution in [0.5, 0.6) is 0 Å². The third kappa shape index (κ3) is 21.6. The maximum atomic E-state index is 14.5. The van der Waals surface area contributed by atoms with Gasteiger partial charge in [0.1, 0.15) is 58.9 Å². The molecule has 0 aliphatic carbocycles. The van der Waals surface area contributed by atoms with E-state index in [2.05, 4.69) is 47.9 Å². The van der Waals surface area contributed by atoms with Gasteiger partial charge in [-0.15, -0.1) is 0 Å². The molecule has 0 spiro atoms. The van der Waals surface area contributed by atoms with Gasteiger partial charge in [0.25, 0.3) is 0 Å². The number of aliphatic hydroxyl groups excluding tert-OH is 1. The maximum absolute atomic E-state index is 14.5. The molecule has 2 saturated heterocycles. The van der Waals surface area contributed by atoms with Crippen molar-refractivity contribution in [2.75, 3.05) is 19.7 Å². The number of hydrogen-bond donors (Lipinski definition) is 11. The summed E-state index contributed by atoms with van der Waals surface area (Å²) < 4.78 is 0. The van der Waals surface area contributed by atoms with E-state index in [9.17, 15) is 62.6 Å². The first-order valence-corrected chi connectivity index (χ1v) is 29.6. The van der Waals surface area contributed by atoms with Crippen molar-refractivity contribution in [2.45, 2.75) is 247 Å². The SMILES string of the molecule is CC[C@H](C)[C@H](NC(=O)[C@H](CCC(N)=O)NC(=O)C(C)(C)NC(C)=O)C(=O)N[C@@H](CC(C)C)C(=O)NC(C)(C)C(=O)N1CCC[C@H]1C(=O)N[C@H](C(=O)N[C@@H](CC(C)C)C(=O)NC(C)(C)C(=O)N1CCC[C@H]1C(=O)N[C@H](CO)C(C)C)[C@@H](C)CC. The van der Waals surface area contributed by atoms with Crippen LogP contribution in [0.15, 0.2) is 0 Å². The highest BCUT2D eigenvalue weighted by atomic mass is 16.3.